The molecule has 0 aliphatic heterocycles. The fourth-order valence-electron chi connectivity index (χ4n) is 7.69. The van der Waals surface area contributed by atoms with E-state index in [4.69, 9.17) is 28.9 Å². The summed E-state index contributed by atoms with van der Waals surface area (Å²) < 4.78 is 22.4. The summed E-state index contributed by atoms with van der Waals surface area (Å²) in [6, 6.07) is 23.5. The quantitative estimate of drug-likeness (QED) is 0.0240. The van der Waals surface area contributed by atoms with Gasteiger partial charge in [-0.1, -0.05) is 34.7 Å². The van der Waals surface area contributed by atoms with Gasteiger partial charge in [0.2, 0.25) is 5.91 Å². The number of benzene rings is 3. The molecular formula is C50H53IN6O17. The fraction of sp³-hybridized carbons (Fsp3) is 0.300. The van der Waals surface area contributed by atoms with Crippen molar-refractivity contribution in [3.8, 4) is 45.3 Å². The predicted molar refractivity (Wildman–Crippen MR) is 272 cm³/mol. The Balaban J connectivity index is 1.66. The summed E-state index contributed by atoms with van der Waals surface area (Å²) in [6.07, 6.45) is 0.437. The Morgan fingerprint density at radius 3 is 1.23 bits per heavy atom. The minimum Gasteiger partial charge on any atom is -0.496 e. The Morgan fingerprint density at radius 2 is 0.892 bits per heavy atom. The van der Waals surface area contributed by atoms with E-state index in [0.29, 0.717) is 63.7 Å². The molecule has 0 saturated heterocycles. The summed E-state index contributed by atoms with van der Waals surface area (Å²) >= 11 is 1.96. The maximum atomic E-state index is 12.1. The van der Waals surface area contributed by atoms with Crippen LogP contribution in [0.3, 0.4) is 0 Å². The number of amides is 1. The lowest BCUT2D eigenvalue weighted by molar-refractivity contribution is -0.144. The van der Waals surface area contributed by atoms with Crippen LogP contribution >= 0.6 is 22.6 Å². The number of carbonyl (C=O) groups excluding carboxylic acids is 1. The molecule has 0 unspecified atom stereocenters. The topological polar surface area (TPSA) is 325 Å². The van der Waals surface area contributed by atoms with Crippen LogP contribution in [0.15, 0.2) is 84.9 Å². The third-order valence-corrected chi connectivity index (χ3v) is 11.3. The van der Waals surface area contributed by atoms with Crippen molar-refractivity contribution in [2.45, 2.75) is 32.6 Å². The minimum absolute atomic E-state index is 0.0783. The van der Waals surface area contributed by atoms with Crippen molar-refractivity contribution >= 4 is 70.0 Å². The van der Waals surface area contributed by atoms with Gasteiger partial charge in [0.05, 0.1) is 67.6 Å². The van der Waals surface area contributed by atoms with Crippen LogP contribution in [0.2, 0.25) is 0 Å². The van der Waals surface area contributed by atoms with Gasteiger partial charge in [0.1, 0.15) is 23.0 Å². The molecule has 23 nitrogen and oxygen atoms in total. The maximum Gasteiger partial charge on any atom is 0.341 e. The highest BCUT2D eigenvalue weighted by molar-refractivity contribution is 14.1. The number of carbonyl (C=O) groups is 7. The summed E-state index contributed by atoms with van der Waals surface area (Å²) in [5, 5.41) is 60.0. The van der Waals surface area contributed by atoms with Gasteiger partial charge in [0.15, 0.2) is 13.2 Å². The summed E-state index contributed by atoms with van der Waals surface area (Å²) in [7, 11) is 2.82. The highest BCUT2D eigenvalue weighted by Crippen LogP contribution is 2.36. The first-order valence-electron chi connectivity index (χ1n) is 22.3. The molecule has 0 radical (unpaired) electrons. The molecule has 2 aromatic heterocycles. The average Bonchev–Trinajstić information content (AvgIpc) is 3.33. The van der Waals surface area contributed by atoms with Crippen LogP contribution in [-0.4, -0.2) is 162 Å². The van der Waals surface area contributed by atoms with Gasteiger partial charge >= 0.3 is 35.8 Å². The van der Waals surface area contributed by atoms with Crippen molar-refractivity contribution in [2.24, 2.45) is 0 Å². The van der Waals surface area contributed by atoms with Gasteiger partial charge in [-0.25, -0.2) is 9.59 Å². The Labute approximate surface area is 437 Å². The van der Waals surface area contributed by atoms with E-state index in [-0.39, 0.29) is 59.5 Å². The van der Waals surface area contributed by atoms with Crippen LogP contribution in [0.25, 0.3) is 22.3 Å². The maximum absolute atomic E-state index is 12.1. The summed E-state index contributed by atoms with van der Waals surface area (Å²) in [6.45, 7) is -3.65. The molecule has 3 aromatic carbocycles. The fourth-order valence-corrected chi connectivity index (χ4v) is 7.88. The summed E-state index contributed by atoms with van der Waals surface area (Å²) in [5.41, 5.74) is 4.96. The normalized spacial score (nSPS) is 11.1. The number of carboxylic acid groups (broad SMARTS) is 6. The van der Waals surface area contributed by atoms with Gasteiger partial charge < -0.3 is 54.9 Å². The lowest BCUT2D eigenvalue weighted by Crippen LogP contribution is -2.34. The van der Waals surface area contributed by atoms with E-state index in [1.165, 1.54) is 36.2 Å². The second kappa shape index (κ2) is 27.8. The standard InChI is InChI=1S/C50H53IN6O17/c1-71-42-17-38(73-28-49(67)68)7-9-40(42)31-13-34(52-36(15-31)22-56(24-45(59)60)25-46(61)62)20-55(12-11-30-3-5-33(6-4-30)54-44(58)19-51)21-35-14-32(16-37(53-35)23-57(26-47(63)64)27-48(65)66)41-10-8-39(18-43(41)72-2)74-29-50(69)70/h3-10,13-18H,11-12,19-29H2,1-2H3,(H,54,58)(H,59,60)(H,61,62)(H,63,64)(H,65,66)(H,67,68)(H,69,70). The number of nitrogens with one attached hydrogen (secondary N) is 1. The molecule has 0 aliphatic rings. The molecule has 392 valence electrons. The molecule has 0 fully saturated rings. The van der Waals surface area contributed by atoms with E-state index in [2.05, 4.69) is 5.32 Å². The number of carboxylic acids is 6. The van der Waals surface area contributed by atoms with E-state index in [0.717, 1.165) is 5.56 Å². The van der Waals surface area contributed by atoms with Gasteiger partial charge in [0.25, 0.3) is 0 Å². The van der Waals surface area contributed by atoms with Crippen molar-refractivity contribution in [1.82, 2.24) is 24.7 Å². The van der Waals surface area contributed by atoms with Crippen LogP contribution in [0.4, 0.5) is 5.69 Å². The number of aromatic nitrogens is 2. The molecule has 74 heavy (non-hydrogen) atoms. The Morgan fingerprint density at radius 1 is 0.514 bits per heavy atom. The molecule has 1 amide bonds. The molecule has 7 N–H and O–H groups in total. The third-order valence-electron chi connectivity index (χ3n) is 10.6. The van der Waals surface area contributed by atoms with Crippen LogP contribution in [0.5, 0.6) is 23.0 Å². The number of anilines is 1. The molecule has 2 heterocycles. The first-order chi connectivity index (χ1) is 35.3. The highest BCUT2D eigenvalue weighted by Gasteiger charge is 2.22. The molecule has 0 aliphatic carbocycles. The van der Waals surface area contributed by atoms with Gasteiger partial charge in [-0.05, 0) is 83.8 Å². The van der Waals surface area contributed by atoms with Crippen molar-refractivity contribution in [2.75, 3.05) is 69.9 Å². The molecular weight excluding hydrogens is 1080 g/mol. The summed E-state index contributed by atoms with van der Waals surface area (Å²) in [5.74, 6) is -6.66. The highest BCUT2D eigenvalue weighted by atomic mass is 127. The molecule has 5 aromatic rings. The Kier molecular flexibility index (Phi) is 21.4. The van der Waals surface area contributed by atoms with E-state index >= 15 is 0 Å². The number of aliphatic carboxylic acids is 6. The lowest BCUT2D eigenvalue weighted by atomic mass is 10.0. The monoisotopic (exact) mass is 1140 g/mol. The number of alkyl halides is 1. The summed E-state index contributed by atoms with van der Waals surface area (Å²) in [4.78, 5) is 96.4. The van der Waals surface area contributed by atoms with Gasteiger partial charge in [0, 0.05) is 61.7 Å². The molecule has 0 bridgehead atoms. The Bertz CT molecular complexity index is 2640. The van der Waals surface area contributed by atoms with E-state index in [1.54, 1.807) is 60.7 Å². The zero-order valence-electron chi connectivity index (χ0n) is 40.1. The SMILES string of the molecule is COc1cc(OCC(=O)O)ccc1-c1cc(CN(CC(=O)O)CC(=O)O)nc(CN(CCc2ccc(NC(=O)CI)cc2)Cc2cc(-c3ccc(OCC(=O)O)cc3OC)cc(CN(CC(=O)O)CC(=O)O)n2)c1. The lowest BCUT2D eigenvalue weighted by Gasteiger charge is -2.25. The molecule has 24 heteroatoms. The van der Waals surface area contributed by atoms with Crippen molar-refractivity contribution in [3.63, 3.8) is 0 Å². The van der Waals surface area contributed by atoms with Crippen LogP contribution in [0.1, 0.15) is 28.3 Å². The Hall–Kier alpha value is -7.94. The van der Waals surface area contributed by atoms with Crippen molar-refractivity contribution < 1.29 is 83.1 Å². The zero-order valence-corrected chi connectivity index (χ0v) is 42.2. The number of hydrogen-bond acceptors (Lipinski definition) is 16. The molecule has 0 atom stereocenters. The number of hydrogen-bond donors (Lipinski definition) is 7. The van der Waals surface area contributed by atoms with Gasteiger partial charge in [-0.3, -0.25) is 48.6 Å². The van der Waals surface area contributed by atoms with Crippen LogP contribution in [0, 0.1) is 0 Å². The average molecular weight is 1140 g/mol. The third kappa shape index (κ3) is 18.6. The number of ether oxygens (including phenoxy) is 4. The number of nitrogens with zero attached hydrogens (tertiary/aromatic N) is 5. The number of methoxy groups -OCH3 is 2. The molecule has 0 saturated carbocycles. The van der Waals surface area contributed by atoms with E-state index < -0.39 is 75.2 Å². The second-order valence-corrected chi connectivity index (χ2v) is 17.2. The van der Waals surface area contributed by atoms with E-state index in [1.807, 2.05) is 39.6 Å². The zero-order chi connectivity index (χ0) is 53.9. The molecule has 5 rings (SSSR count). The second-order valence-electron chi connectivity index (χ2n) is 16.5. The van der Waals surface area contributed by atoms with Crippen molar-refractivity contribution in [3.05, 3.63) is 113 Å². The van der Waals surface area contributed by atoms with Crippen LogP contribution < -0.4 is 24.3 Å². The van der Waals surface area contributed by atoms with Crippen LogP contribution in [-0.2, 0) is 66.2 Å². The van der Waals surface area contributed by atoms with E-state index in [9.17, 15) is 64.2 Å². The predicted octanol–water partition coefficient (Wildman–Crippen LogP) is 4.32. The van der Waals surface area contributed by atoms with Gasteiger partial charge in [-0.2, -0.15) is 0 Å². The minimum atomic E-state index is -1.27. The van der Waals surface area contributed by atoms with Crippen molar-refractivity contribution in [1.29, 1.82) is 0 Å². The van der Waals surface area contributed by atoms with Gasteiger partial charge in [-0.15, -0.1) is 0 Å². The first kappa shape index (κ1) is 57.0. The smallest absolute Gasteiger partial charge is 0.341 e. The number of rotatable bonds is 31. The molecule has 0 spiro atoms. The number of pyridine rings is 2. The first-order valence-corrected chi connectivity index (χ1v) is 23.9. The largest absolute Gasteiger partial charge is 0.496 e. The number of halogens is 1.